The van der Waals surface area contributed by atoms with Crippen LogP contribution in [0.4, 0.5) is 10.1 Å². The summed E-state index contributed by atoms with van der Waals surface area (Å²) in [4.78, 5) is 14.5. The Hall–Kier alpha value is -3.49. The molecule has 3 aromatic carbocycles. The van der Waals surface area contributed by atoms with Crippen molar-refractivity contribution in [1.29, 1.82) is 0 Å². The summed E-state index contributed by atoms with van der Waals surface area (Å²) >= 11 is 3.45. The molecule has 0 saturated carbocycles. The Morgan fingerprint density at radius 2 is 1.74 bits per heavy atom. The summed E-state index contributed by atoms with van der Waals surface area (Å²) in [6.45, 7) is 0.485. The third kappa shape index (κ3) is 4.60. The molecule has 1 aromatic heterocycles. The predicted octanol–water partition coefficient (Wildman–Crippen LogP) is 5.12. The number of carbonyl (C=O) groups excluding carboxylic acids is 1. The number of hydrogen-bond acceptors (Lipinski definition) is 4. The maximum Gasteiger partial charge on any atom is 0.250 e. The number of nitrogen functional groups attached to an aromatic ring is 1. The number of amides is 1. The van der Waals surface area contributed by atoms with E-state index in [1.807, 2.05) is 54.7 Å². The van der Waals surface area contributed by atoms with Crippen LogP contribution in [-0.4, -0.2) is 33.7 Å². The van der Waals surface area contributed by atoms with E-state index < -0.39 is 6.23 Å². The van der Waals surface area contributed by atoms with Crippen LogP contribution in [0.1, 0.15) is 17.4 Å². The molecule has 0 bridgehead atoms. The second kappa shape index (κ2) is 9.40. The highest BCUT2D eigenvalue weighted by Crippen LogP contribution is 2.35. The third-order valence-corrected chi connectivity index (χ3v) is 6.34. The van der Waals surface area contributed by atoms with Crippen molar-refractivity contribution in [2.75, 3.05) is 18.9 Å². The van der Waals surface area contributed by atoms with E-state index in [1.165, 1.54) is 12.1 Å². The lowest BCUT2D eigenvalue weighted by Gasteiger charge is -2.23. The van der Waals surface area contributed by atoms with Gasteiger partial charge in [0.1, 0.15) is 18.1 Å². The molecule has 0 radical (unpaired) electrons. The number of rotatable bonds is 6. The molecule has 8 heteroatoms. The van der Waals surface area contributed by atoms with Crippen LogP contribution in [0.3, 0.4) is 0 Å². The molecule has 1 amide bonds. The van der Waals surface area contributed by atoms with Crippen molar-refractivity contribution in [3.63, 3.8) is 0 Å². The first-order chi connectivity index (χ1) is 16.5. The smallest absolute Gasteiger partial charge is 0.250 e. The van der Waals surface area contributed by atoms with Crippen LogP contribution in [0, 0.1) is 5.82 Å². The zero-order chi connectivity index (χ0) is 23.7. The quantitative estimate of drug-likeness (QED) is 0.358. The monoisotopic (exact) mass is 520 g/mol. The summed E-state index contributed by atoms with van der Waals surface area (Å²) in [6.07, 6.45) is 1.95. The van der Waals surface area contributed by atoms with Crippen molar-refractivity contribution < 1.29 is 13.9 Å². The highest BCUT2D eigenvalue weighted by Gasteiger charge is 2.36. The molecule has 6 nitrogen and oxygen atoms in total. The topological polar surface area (TPSA) is 73.4 Å². The van der Waals surface area contributed by atoms with E-state index in [9.17, 15) is 9.18 Å². The minimum absolute atomic E-state index is 0.00126. The Bertz CT molecular complexity index is 1300. The first-order valence-corrected chi connectivity index (χ1v) is 11.6. The van der Waals surface area contributed by atoms with E-state index >= 15 is 0 Å². The molecule has 4 aromatic rings. The van der Waals surface area contributed by atoms with Gasteiger partial charge in [0.2, 0.25) is 0 Å². The van der Waals surface area contributed by atoms with Gasteiger partial charge in [-0.15, -0.1) is 0 Å². The van der Waals surface area contributed by atoms with E-state index in [-0.39, 0.29) is 18.3 Å². The molecule has 1 saturated heterocycles. The molecule has 0 spiro atoms. The number of nitrogens with two attached hydrogens (primary N) is 1. The maximum absolute atomic E-state index is 13.6. The lowest BCUT2D eigenvalue weighted by Crippen LogP contribution is -2.30. The molecule has 1 atom stereocenters. The Morgan fingerprint density at radius 1 is 1.03 bits per heavy atom. The zero-order valence-corrected chi connectivity index (χ0v) is 19.8. The van der Waals surface area contributed by atoms with Gasteiger partial charge in [0.25, 0.3) is 5.91 Å². The van der Waals surface area contributed by atoms with Crippen molar-refractivity contribution in [1.82, 2.24) is 14.7 Å². The highest BCUT2D eigenvalue weighted by atomic mass is 79.9. The van der Waals surface area contributed by atoms with Crippen molar-refractivity contribution in [2.24, 2.45) is 0 Å². The molecule has 2 heterocycles. The minimum atomic E-state index is -0.592. The van der Waals surface area contributed by atoms with Gasteiger partial charge in [0.05, 0.1) is 5.69 Å². The first kappa shape index (κ1) is 22.3. The van der Waals surface area contributed by atoms with Gasteiger partial charge in [0, 0.05) is 34.0 Å². The number of hydrogen-bond donors (Lipinski definition) is 1. The number of nitrogens with zero attached hydrogens (tertiary/aromatic N) is 3. The maximum atomic E-state index is 13.6. The van der Waals surface area contributed by atoms with Crippen LogP contribution in [0.15, 0.2) is 83.5 Å². The molecule has 0 aliphatic carbocycles. The average molecular weight is 521 g/mol. The first-order valence-electron chi connectivity index (χ1n) is 10.8. The highest BCUT2D eigenvalue weighted by molar-refractivity contribution is 9.10. The van der Waals surface area contributed by atoms with Gasteiger partial charge in [-0.25, -0.2) is 9.07 Å². The molecule has 5 rings (SSSR count). The molecular formula is C26H22BrFN4O2. The van der Waals surface area contributed by atoms with E-state index in [0.29, 0.717) is 24.3 Å². The predicted molar refractivity (Wildman–Crippen MR) is 132 cm³/mol. The normalized spacial score (nSPS) is 15.8. The summed E-state index contributed by atoms with van der Waals surface area (Å²) in [5, 5.41) is 4.79. The van der Waals surface area contributed by atoms with Crippen LogP contribution in [-0.2, 0) is 16.0 Å². The Kier molecular flexibility index (Phi) is 6.17. The van der Waals surface area contributed by atoms with Crippen LogP contribution in [0.25, 0.3) is 16.9 Å². The SMILES string of the molecule is Nc1ccc(CCN2C(=O)COC2c2cn(-c3ccc(Br)cc3)nc2-c2ccc(F)cc2)cc1. The number of carbonyl (C=O) groups is 1. The molecule has 172 valence electrons. The minimum Gasteiger partial charge on any atom is -0.399 e. The number of anilines is 1. The van der Waals surface area contributed by atoms with Gasteiger partial charge in [0.15, 0.2) is 6.23 Å². The Morgan fingerprint density at radius 3 is 2.44 bits per heavy atom. The second-order valence-corrected chi connectivity index (χ2v) is 9.02. The fourth-order valence-corrected chi connectivity index (χ4v) is 4.28. The van der Waals surface area contributed by atoms with E-state index in [0.717, 1.165) is 26.9 Å². The van der Waals surface area contributed by atoms with E-state index in [2.05, 4.69) is 15.9 Å². The third-order valence-electron chi connectivity index (χ3n) is 5.81. The zero-order valence-electron chi connectivity index (χ0n) is 18.2. The average Bonchev–Trinajstić information content (AvgIpc) is 3.43. The number of ether oxygens (including phenoxy) is 1. The largest absolute Gasteiger partial charge is 0.399 e. The lowest BCUT2D eigenvalue weighted by molar-refractivity contribution is -0.128. The summed E-state index contributed by atoms with van der Waals surface area (Å²) < 4.78 is 22.3. The van der Waals surface area contributed by atoms with Gasteiger partial charge in [-0.2, -0.15) is 5.10 Å². The van der Waals surface area contributed by atoms with Crippen LogP contribution < -0.4 is 5.73 Å². The van der Waals surface area contributed by atoms with Crippen molar-refractivity contribution in [3.8, 4) is 16.9 Å². The fraction of sp³-hybridized carbons (Fsp3) is 0.154. The molecule has 1 aliphatic rings. The molecule has 2 N–H and O–H groups in total. The number of benzene rings is 3. The molecule has 34 heavy (non-hydrogen) atoms. The van der Waals surface area contributed by atoms with Crippen molar-refractivity contribution >= 4 is 27.5 Å². The van der Waals surface area contributed by atoms with Gasteiger partial charge in [-0.3, -0.25) is 4.79 Å². The van der Waals surface area contributed by atoms with Gasteiger partial charge < -0.3 is 15.4 Å². The summed E-state index contributed by atoms with van der Waals surface area (Å²) in [7, 11) is 0. The van der Waals surface area contributed by atoms with Crippen molar-refractivity contribution in [2.45, 2.75) is 12.6 Å². The van der Waals surface area contributed by atoms with Gasteiger partial charge >= 0.3 is 0 Å². The van der Waals surface area contributed by atoms with Gasteiger partial charge in [-0.1, -0.05) is 28.1 Å². The van der Waals surface area contributed by atoms with Crippen LogP contribution in [0.2, 0.25) is 0 Å². The fourth-order valence-electron chi connectivity index (χ4n) is 4.01. The standard InChI is InChI=1S/C26H22BrFN4O2/c27-19-5-11-22(12-6-19)32-15-23(25(30-32)18-3-7-20(28)8-4-18)26-31(24(33)16-34-26)14-13-17-1-9-21(29)10-2-17/h1-12,15,26H,13-14,16,29H2. The molecule has 1 fully saturated rings. The summed E-state index contributed by atoms with van der Waals surface area (Å²) in [5.41, 5.74) is 10.6. The molecule has 1 unspecified atom stereocenters. The summed E-state index contributed by atoms with van der Waals surface area (Å²) in [6, 6.07) is 21.5. The lowest BCUT2D eigenvalue weighted by atomic mass is 10.1. The van der Waals surface area contributed by atoms with Crippen LogP contribution in [0.5, 0.6) is 0 Å². The number of aromatic nitrogens is 2. The number of halogens is 2. The Labute approximate surface area is 204 Å². The van der Waals surface area contributed by atoms with Crippen LogP contribution >= 0.6 is 15.9 Å². The Balaban J connectivity index is 1.50. The molecule has 1 aliphatic heterocycles. The molecular weight excluding hydrogens is 499 g/mol. The van der Waals surface area contributed by atoms with Gasteiger partial charge in [-0.05, 0) is 72.6 Å². The van der Waals surface area contributed by atoms with E-state index in [4.69, 9.17) is 15.6 Å². The van der Waals surface area contributed by atoms with E-state index in [1.54, 1.807) is 21.7 Å². The van der Waals surface area contributed by atoms with Crippen molar-refractivity contribution in [3.05, 3.63) is 100 Å². The second-order valence-electron chi connectivity index (χ2n) is 8.10. The summed E-state index contributed by atoms with van der Waals surface area (Å²) in [5.74, 6) is -0.406.